The van der Waals surface area contributed by atoms with Crippen molar-refractivity contribution in [1.82, 2.24) is 5.32 Å². The van der Waals surface area contributed by atoms with Crippen LogP contribution in [0.2, 0.25) is 0 Å². The van der Waals surface area contributed by atoms with Crippen molar-refractivity contribution in [3.8, 4) is 0 Å². The summed E-state index contributed by atoms with van der Waals surface area (Å²) in [5.74, 6) is 0.0922. The zero-order chi connectivity index (χ0) is 18.4. The fourth-order valence-electron chi connectivity index (χ4n) is 4.66. The number of methoxy groups -OCH3 is 1. The maximum Gasteiger partial charge on any atom is 0.251 e. The number of amides is 1. The highest BCUT2D eigenvalue weighted by Gasteiger charge is 2.44. The van der Waals surface area contributed by atoms with Gasteiger partial charge in [-0.3, -0.25) is 4.79 Å². The fourth-order valence-corrected chi connectivity index (χ4v) is 4.66. The highest BCUT2D eigenvalue weighted by Crippen LogP contribution is 2.43. The number of hydrogen-bond donors (Lipinski definition) is 1. The minimum atomic E-state index is -0.731. The number of carbonyl (C=O) groups is 1. The van der Waals surface area contributed by atoms with Crippen LogP contribution in [-0.4, -0.2) is 25.2 Å². The Hall–Kier alpha value is -1.81. The van der Waals surface area contributed by atoms with E-state index in [0.29, 0.717) is 24.5 Å². The number of ether oxygens (including phenoxy) is 1. The molecule has 1 aromatic carbocycles. The first-order valence-electron chi connectivity index (χ1n) is 9.11. The van der Waals surface area contributed by atoms with E-state index >= 15 is 0 Å². The number of hydrogen-bond acceptors (Lipinski definition) is 3. The predicted octanol–water partition coefficient (Wildman–Crippen LogP) is 2.70. The van der Waals surface area contributed by atoms with Crippen LogP contribution in [0.3, 0.4) is 0 Å². The Morgan fingerprint density at radius 3 is 2.64 bits per heavy atom. The van der Waals surface area contributed by atoms with E-state index in [1.165, 1.54) is 5.56 Å². The van der Waals surface area contributed by atoms with Gasteiger partial charge in [-0.2, -0.15) is 0 Å². The van der Waals surface area contributed by atoms with Gasteiger partial charge in [-0.15, -0.1) is 0 Å². The van der Waals surface area contributed by atoms with Crippen LogP contribution in [0.15, 0.2) is 11.8 Å². The molecule has 3 rings (SSSR count). The van der Waals surface area contributed by atoms with Crippen molar-refractivity contribution < 1.29 is 14.6 Å². The van der Waals surface area contributed by atoms with Crippen molar-refractivity contribution in [2.75, 3.05) is 13.7 Å². The van der Waals surface area contributed by atoms with Gasteiger partial charge in [0.1, 0.15) is 0 Å². The molecule has 1 heterocycles. The smallest absolute Gasteiger partial charge is 0.251 e. The molecule has 1 N–H and O–H groups in total. The monoisotopic (exact) mass is 342 g/mol. The summed E-state index contributed by atoms with van der Waals surface area (Å²) in [5, 5.41) is 16.4. The van der Waals surface area contributed by atoms with Crippen LogP contribution in [0.25, 0.3) is 5.57 Å². The summed E-state index contributed by atoms with van der Waals surface area (Å²) in [6.45, 7) is 8.76. The van der Waals surface area contributed by atoms with Gasteiger partial charge < -0.3 is 15.2 Å². The lowest BCUT2D eigenvalue weighted by Gasteiger charge is -2.42. The van der Waals surface area contributed by atoms with Gasteiger partial charge in [-0.25, -0.2) is 0 Å². The standard InChI is InChI=1S/C21H29NO3/c1-12-9-13(2)17(15(4)14(12)3)18-19(23)21(22-20(18)24)8-6-7-16(10-21)11-25-5/h9,16,23H,6-8,10-11H2,1-5H3,(H,22,24)/p-1. The lowest BCUT2D eigenvalue weighted by Crippen LogP contribution is -2.51. The van der Waals surface area contributed by atoms with Gasteiger partial charge in [-0.1, -0.05) is 18.2 Å². The highest BCUT2D eigenvalue weighted by atomic mass is 16.5. The summed E-state index contributed by atoms with van der Waals surface area (Å²) >= 11 is 0. The number of aryl methyl sites for hydroxylation is 2. The minimum absolute atomic E-state index is 0.0206. The van der Waals surface area contributed by atoms with E-state index in [2.05, 4.69) is 25.2 Å². The summed E-state index contributed by atoms with van der Waals surface area (Å²) in [4.78, 5) is 12.8. The van der Waals surface area contributed by atoms with Crippen molar-refractivity contribution in [3.05, 3.63) is 39.6 Å². The van der Waals surface area contributed by atoms with E-state index in [9.17, 15) is 9.90 Å². The maximum atomic E-state index is 13.4. The number of rotatable bonds is 3. The molecule has 1 fully saturated rings. The van der Waals surface area contributed by atoms with Crippen molar-refractivity contribution in [3.63, 3.8) is 0 Å². The van der Waals surface area contributed by atoms with Crippen LogP contribution >= 0.6 is 0 Å². The average Bonchev–Trinajstić information content (AvgIpc) is 2.77. The molecule has 1 aromatic rings. The van der Waals surface area contributed by atoms with Gasteiger partial charge in [-0.05, 0) is 80.7 Å². The molecule has 1 saturated carbocycles. The SMILES string of the molecule is COCC1CCCC2(C1)NC(=O)C(c1c(C)cc(C)c(C)c1C)=C2[O-]. The molecule has 2 aliphatic rings. The molecule has 0 aromatic heterocycles. The zero-order valence-electron chi connectivity index (χ0n) is 15.9. The molecule has 0 radical (unpaired) electrons. The third-order valence-corrected chi connectivity index (χ3v) is 6.10. The lowest BCUT2D eigenvalue weighted by molar-refractivity contribution is -0.318. The third-order valence-electron chi connectivity index (χ3n) is 6.10. The summed E-state index contributed by atoms with van der Waals surface area (Å²) in [6.07, 6.45) is 3.40. The van der Waals surface area contributed by atoms with E-state index in [1.54, 1.807) is 7.11 Å². The van der Waals surface area contributed by atoms with Crippen LogP contribution in [0, 0.1) is 33.6 Å². The van der Waals surface area contributed by atoms with Gasteiger partial charge >= 0.3 is 0 Å². The minimum Gasteiger partial charge on any atom is -0.873 e. The first-order chi connectivity index (χ1) is 11.8. The molecule has 1 aliphatic heterocycles. The molecular formula is C21H28NO3-. The van der Waals surface area contributed by atoms with E-state index < -0.39 is 5.54 Å². The Morgan fingerprint density at radius 1 is 1.24 bits per heavy atom. The van der Waals surface area contributed by atoms with Crippen molar-refractivity contribution in [2.45, 2.75) is 58.9 Å². The molecule has 2 unspecified atom stereocenters. The second-order valence-electron chi connectivity index (χ2n) is 7.79. The third kappa shape index (κ3) is 2.86. The van der Waals surface area contributed by atoms with Crippen LogP contribution in [-0.2, 0) is 9.53 Å². The Bertz CT molecular complexity index is 748. The molecule has 4 heteroatoms. The topological polar surface area (TPSA) is 61.4 Å². The number of carbonyl (C=O) groups excluding carboxylic acids is 1. The molecule has 0 saturated heterocycles. The number of benzene rings is 1. The summed E-state index contributed by atoms with van der Waals surface area (Å²) in [6, 6.07) is 2.07. The molecule has 0 bridgehead atoms. The summed E-state index contributed by atoms with van der Waals surface area (Å²) < 4.78 is 5.29. The number of nitrogens with one attached hydrogen (secondary N) is 1. The van der Waals surface area contributed by atoms with Crippen molar-refractivity contribution in [2.24, 2.45) is 5.92 Å². The Labute approximate surface area is 150 Å². The van der Waals surface area contributed by atoms with Crippen LogP contribution in [0.4, 0.5) is 0 Å². The van der Waals surface area contributed by atoms with Crippen LogP contribution in [0.1, 0.15) is 53.5 Å². The molecule has 136 valence electrons. The quantitative estimate of drug-likeness (QED) is 0.919. The Balaban J connectivity index is 2.09. The molecular weight excluding hydrogens is 314 g/mol. The Kier molecular flexibility index (Phi) is 4.67. The molecule has 1 amide bonds. The lowest BCUT2D eigenvalue weighted by atomic mass is 9.75. The van der Waals surface area contributed by atoms with Gasteiger partial charge in [0.2, 0.25) is 0 Å². The second-order valence-corrected chi connectivity index (χ2v) is 7.79. The first kappa shape index (κ1) is 18.0. The predicted molar refractivity (Wildman–Crippen MR) is 97.0 cm³/mol. The van der Waals surface area contributed by atoms with E-state index in [-0.39, 0.29) is 11.7 Å². The zero-order valence-corrected chi connectivity index (χ0v) is 15.9. The molecule has 1 aliphatic carbocycles. The molecule has 2 atom stereocenters. The van der Waals surface area contributed by atoms with Gasteiger partial charge in [0.15, 0.2) is 0 Å². The van der Waals surface area contributed by atoms with E-state index in [0.717, 1.165) is 41.5 Å². The molecule has 1 spiro atoms. The molecule has 4 nitrogen and oxygen atoms in total. The van der Waals surface area contributed by atoms with Gasteiger partial charge in [0, 0.05) is 19.3 Å². The maximum absolute atomic E-state index is 13.4. The summed E-state index contributed by atoms with van der Waals surface area (Å²) in [5.41, 5.74) is 4.84. The van der Waals surface area contributed by atoms with Gasteiger partial charge in [0.05, 0.1) is 5.54 Å². The van der Waals surface area contributed by atoms with E-state index in [1.807, 2.05) is 13.8 Å². The van der Waals surface area contributed by atoms with Crippen molar-refractivity contribution >= 4 is 11.5 Å². The van der Waals surface area contributed by atoms with Crippen LogP contribution < -0.4 is 10.4 Å². The summed E-state index contributed by atoms with van der Waals surface area (Å²) in [7, 11) is 1.69. The Morgan fingerprint density at radius 2 is 1.96 bits per heavy atom. The fraction of sp³-hybridized carbons (Fsp3) is 0.571. The normalized spacial score (nSPS) is 26.4. The second kappa shape index (κ2) is 6.49. The highest BCUT2D eigenvalue weighted by molar-refractivity contribution is 6.23. The first-order valence-corrected chi connectivity index (χ1v) is 9.11. The van der Waals surface area contributed by atoms with Crippen LogP contribution in [0.5, 0.6) is 0 Å². The molecule has 25 heavy (non-hydrogen) atoms. The largest absolute Gasteiger partial charge is 0.873 e. The van der Waals surface area contributed by atoms with E-state index in [4.69, 9.17) is 4.74 Å². The van der Waals surface area contributed by atoms with Crippen molar-refractivity contribution in [1.29, 1.82) is 0 Å². The van der Waals surface area contributed by atoms with Gasteiger partial charge in [0.25, 0.3) is 5.91 Å². The average molecular weight is 342 g/mol.